The quantitative estimate of drug-likeness (QED) is 0.618. The highest BCUT2D eigenvalue weighted by atomic mass is 16.5. The van der Waals surface area contributed by atoms with Gasteiger partial charge in [0.15, 0.2) is 0 Å². The van der Waals surface area contributed by atoms with Crippen molar-refractivity contribution in [3.8, 4) is 0 Å². The van der Waals surface area contributed by atoms with Crippen molar-refractivity contribution < 1.29 is 9.53 Å². The van der Waals surface area contributed by atoms with Crippen LogP contribution < -0.4 is 11.1 Å². The number of hydrogen-bond donors (Lipinski definition) is 2. The Morgan fingerprint density at radius 1 is 1.38 bits per heavy atom. The Morgan fingerprint density at radius 2 is 2.00 bits per heavy atom. The van der Waals surface area contributed by atoms with Crippen molar-refractivity contribution in [2.45, 2.75) is 52.7 Å². The van der Waals surface area contributed by atoms with Gasteiger partial charge in [-0.1, -0.05) is 20.3 Å². The van der Waals surface area contributed by atoms with Crippen LogP contribution in [0.1, 0.15) is 40.5 Å². The van der Waals surface area contributed by atoms with Gasteiger partial charge in [-0.25, -0.2) is 0 Å². The van der Waals surface area contributed by atoms with Crippen LogP contribution in [0.5, 0.6) is 0 Å². The third-order valence-corrected chi connectivity index (χ3v) is 2.63. The molecule has 4 heteroatoms. The van der Waals surface area contributed by atoms with E-state index in [2.05, 4.69) is 5.32 Å². The first-order valence-electron chi connectivity index (χ1n) is 6.13. The summed E-state index contributed by atoms with van der Waals surface area (Å²) in [6.07, 6.45) is 2.00. The lowest BCUT2D eigenvalue weighted by Crippen LogP contribution is -2.45. The van der Waals surface area contributed by atoms with E-state index >= 15 is 0 Å². The molecule has 0 rings (SSSR count). The van der Waals surface area contributed by atoms with Crippen LogP contribution in [0.3, 0.4) is 0 Å². The van der Waals surface area contributed by atoms with E-state index in [1.54, 1.807) is 0 Å². The lowest BCUT2D eigenvalue weighted by molar-refractivity contribution is -0.123. The average Bonchev–Trinajstić information content (AvgIpc) is 2.25. The molecule has 4 nitrogen and oxygen atoms in total. The van der Waals surface area contributed by atoms with E-state index in [4.69, 9.17) is 10.5 Å². The predicted molar refractivity (Wildman–Crippen MR) is 66.1 cm³/mol. The van der Waals surface area contributed by atoms with E-state index in [9.17, 15) is 4.79 Å². The number of hydrogen-bond acceptors (Lipinski definition) is 3. The SMILES string of the molecule is CCC(C)[C@H](N)C(=O)NCCCOC(C)C. The molecular formula is C12H26N2O2. The molecule has 0 aliphatic rings. The Bertz CT molecular complexity index is 195. The molecule has 0 aromatic rings. The van der Waals surface area contributed by atoms with E-state index in [0.29, 0.717) is 13.2 Å². The number of carbonyl (C=O) groups excluding carboxylic acids is 1. The van der Waals surface area contributed by atoms with Gasteiger partial charge in [-0.15, -0.1) is 0 Å². The smallest absolute Gasteiger partial charge is 0.237 e. The molecule has 0 radical (unpaired) electrons. The summed E-state index contributed by atoms with van der Waals surface area (Å²) in [6, 6.07) is -0.393. The second kappa shape index (κ2) is 8.53. The summed E-state index contributed by atoms with van der Waals surface area (Å²) in [5, 5.41) is 2.83. The van der Waals surface area contributed by atoms with Crippen molar-refractivity contribution in [1.82, 2.24) is 5.32 Å². The van der Waals surface area contributed by atoms with Crippen LogP contribution in [-0.4, -0.2) is 31.2 Å². The first kappa shape index (κ1) is 15.4. The number of nitrogens with one attached hydrogen (secondary N) is 1. The monoisotopic (exact) mass is 230 g/mol. The van der Waals surface area contributed by atoms with Crippen LogP contribution >= 0.6 is 0 Å². The minimum atomic E-state index is -0.393. The molecule has 0 aromatic heterocycles. The Balaban J connectivity index is 3.57. The van der Waals surface area contributed by atoms with E-state index in [1.807, 2.05) is 27.7 Å². The van der Waals surface area contributed by atoms with Gasteiger partial charge in [-0.05, 0) is 26.2 Å². The van der Waals surface area contributed by atoms with Gasteiger partial charge in [0.2, 0.25) is 5.91 Å². The van der Waals surface area contributed by atoms with Crippen LogP contribution in [0.2, 0.25) is 0 Å². The second-order valence-corrected chi connectivity index (χ2v) is 4.48. The molecule has 0 spiro atoms. The van der Waals surface area contributed by atoms with Crippen molar-refractivity contribution in [1.29, 1.82) is 0 Å². The zero-order valence-corrected chi connectivity index (χ0v) is 11.0. The Morgan fingerprint density at radius 3 is 2.50 bits per heavy atom. The van der Waals surface area contributed by atoms with Gasteiger partial charge < -0.3 is 15.8 Å². The molecule has 0 aliphatic carbocycles. The zero-order chi connectivity index (χ0) is 12.6. The maximum Gasteiger partial charge on any atom is 0.237 e. The molecule has 0 saturated heterocycles. The van der Waals surface area contributed by atoms with Crippen molar-refractivity contribution in [3.63, 3.8) is 0 Å². The number of ether oxygens (including phenoxy) is 1. The fourth-order valence-corrected chi connectivity index (χ4v) is 1.23. The molecule has 3 N–H and O–H groups in total. The van der Waals surface area contributed by atoms with Crippen LogP contribution in [-0.2, 0) is 9.53 Å². The van der Waals surface area contributed by atoms with Crippen LogP contribution in [0.4, 0.5) is 0 Å². The minimum Gasteiger partial charge on any atom is -0.379 e. The minimum absolute atomic E-state index is 0.0566. The summed E-state index contributed by atoms with van der Waals surface area (Å²) in [7, 11) is 0. The van der Waals surface area contributed by atoms with E-state index < -0.39 is 6.04 Å². The van der Waals surface area contributed by atoms with Crippen LogP contribution in [0, 0.1) is 5.92 Å². The Labute approximate surface area is 98.9 Å². The van der Waals surface area contributed by atoms with Gasteiger partial charge in [-0.3, -0.25) is 4.79 Å². The molecular weight excluding hydrogens is 204 g/mol. The lowest BCUT2D eigenvalue weighted by atomic mass is 9.99. The highest BCUT2D eigenvalue weighted by molar-refractivity contribution is 5.81. The molecule has 0 saturated carbocycles. The number of rotatable bonds is 8. The molecule has 96 valence electrons. The largest absolute Gasteiger partial charge is 0.379 e. The topological polar surface area (TPSA) is 64.4 Å². The third kappa shape index (κ3) is 6.80. The number of carbonyl (C=O) groups is 1. The van der Waals surface area contributed by atoms with E-state index in [-0.39, 0.29) is 17.9 Å². The van der Waals surface area contributed by atoms with Crippen molar-refractivity contribution in [2.24, 2.45) is 11.7 Å². The maximum atomic E-state index is 11.6. The highest BCUT2D eigenvalue weighted by Gasteiger charge is 2.18. The zero-order valence-electron chi connectivity index (χ0n) is 11.0. The van der Waals surface area contributed by atoms with Gasteiger partial charge >= 0.3 is 0 Å². The molecule has 0 heterocycles. The van der Waals surface area contributed by atoms with Crippen molar-refractivity contribution in [2.75, 3.05) is 13.2 Å². The second-order valence-electron chi connectivity index (χ2n) is 4.48. The normalized spacial score (nSPS) is 14.9. The molecule has 1 unspecified atom stereocenters. The average molecular weight is 230 g/mol. The van der Waals surface area contributed by atoms with E-state index in [1.165, 1.54) is 0 Å². The summed E-state index contributed by atoms with van der Waals surface area (Å²) in [4.78, 5) is 11.6. The summed E-state index contributed by atoms with van der Waals surface area (Å²) >= 11 is 0. The molecule has 16 heavy (non-hydrogen) atoms. The molecule has 0 bridgehead atoms. The summed E-state index contributed by atoms with van der Waals surface area (Å²) in [5.41, 5.74) is 5.79. The van der Waals surface area contributed by atoms with Crippen molar-refractivity contribution >= 4 is 5.91 Å². The van der Waals surface area contributed by atoms with Gasteiger partial charge in [0, 0.05) is 13.2 Å². The number of nitrogens with two attached hydrogens (primary N) is 1. The van der Waals surface area contributed by atoms with Crippen molar-refractivity contribution in [3.05, 3.63) is 0 Å². The van der Waals surface area contributed by atoms with E-state index in [0.717, 1.165) is 12.8 Å². The number of amides is 1. The molecule has 0 aromatic carbocycles. The lowest BCUT2D eigenvalue weighted by Gasteiger charge is -2.17. The predicted octanol–water partition coefficient (Wildman–Crippen LogP) is 1.29. The van der Waals surface area contributed by atoms with Crippen LogP contribution in [0.25, 0.3) is 0 Å². The van der Waals surface area contributed by atoms with Gasteiger partial charge in [0.1, 0.15) is 0 Å². The first-order valence-corrected chi connectivity index (χ1v) is 6.13. The summed E-state index contributed by atoms with van der Waals surface area (Å²) in [5.74, 6) is 0.172. The van der Waals surface area contributed by atoms with Gasteiger partial charge in [-0.2, -0.15) is 0 Å². The highest BCUT2D eigenvalue weighted by Crippen LogP contribution is 2.04. The van der Waals surface area contributed by atoms with Gasteiger partial charge in [0.25, 0.3) is 0 Å². The Hall–Kier alpha value is -0.610. The molecule has 1 amide bonds. The van der Waals surface area contributed by atoms with Gasteiger partial charge in [0.05, 0.1) is 12.1 Å². The maximum absolute atomic E-state index is 11.6. The standard InChI is InChI=1S/C12H26N2O2/c1-5-10(4)11(13)12(15)14-7-6-8-16-9(2)3/h9-11H,5-8,13H2,1-4H3,(H,14,15)/t10?,11-/m0/s1. The fourth-order valence-electron chi connectivity index (χ4n) is 1.23. The fraction of sp³-hybridized carbons (Fsp3) is 0.917. The molecule has 0 fully saturated rings. The first-order chi connectivity index (χ1) is 7.49. The Kier molecular flexibility index (Phi) is 8.21. The summed E-state index contributed by atoms with van der Waals surface area (Å²) < 4.78 is 5.37. The summed E-state index contributed by atoms with van der Waals surface area (Å²) in [6.45, 7) is 9.33. The third-order valence-electron chi connectivity index (χ3n) is 2.63. The van der Waals surface area contributed by atoms with Crippen LogP contribution in [0.15, 0.2) is 0 Å². The molecule has 0 aliphatic heterocycles. The molecule has 2 atom stereocenters.